The maximum Gasteiger partial charge on any atom is 0.269 e. The van der Waals surface area contributed by atoms with Crippen molar-refractivity contribution in [2.75, 3.05) is 6.61 Å². The monoisotopic (exact) mass is 222 g/mol. The van der Waals surface area contributed by atoms with Crippen molar-refractivity contribution in [3.05, 3.63) is 50.4 Å². The van der Waals surface area contributed by atoms with E-state index in [-0.39, 0.29) is 12.3 Å². The molecule has 84 valence electrons. The first-order valence-electron chi connectivity index (χ1n) is 4.55. The van der Waals surface area contributed by atoms with Crippen LogP contribution in [0.2, 0.25) is 0 Å². The molecule has 0 heterocycles. The lowest BCUT2D eigenvalue weighted by Gasteiger charge is -2.06. The zero-order chi connectivity index (χ0) is 12.0. The molecule has 0 aliphatic heterocycles. The first kappa shape index (κ1) is 12.0. The van der Waals surface area contributed by atoms with E-state index in [1.807, 2.05) is 0 Å². The summed E-state index contributed by atoms with van der Waals surface area (Å²) in [6, 6.07) is 5.37. The van der Waals surface area contributed by atoms with E-state index < -0.39 is 11.0 Å². The van der Waals surface area contributed by atoms with Gasteiger partial charge in [-0.1, -0.05) is 17.2 Å². The molecule has 0 saturated heterocycles. The van der Waals surface area contributed by atoms with Crippen molar-refractivity contribution in [3.8, 4) is 0 Å². The minimum absolute atomic E-state index is 0.00748. The summed E-state index contributed by atoms with van der Waals surface area (Å²) in [5.74, 6) is 0. The highest BCUT2D eigenvalue weighted by molar-refractivity contribution is 5.33. The SMILES string of the molecule is [N-]=[N+]=N[C@H](CO)Cc1ccc([N+](=O)[O-])cc1. The van der Waals surface area contributed by atoms with Crippen LogP contribution in [0.1, 0.15) is 5.56 Å². The van der Waals surface area contributed by atoms with Gasteiger partial charge in [0.25, 0.3) is 5.69 Å². The fourth-order valence-electron chi connectivity index (χ4n) is 1.24. The third-order valence-electron chi connectivity index (χ3n) is 2.04. The minimum Gasteiger partial charge on any atom is -0.396 e. The van der Waals surface area contributed by atoms with Crippen molar-refractivity contribution in [2.24, 2.45) is 5.11 Å². The summed E-state index contributed by atoms with van der Waals surface area (Å²) >= 11 is 0. The predicted molar refractivity (Wildman–Crippen MR) is 56.8 cm³/mol. The number of benzene rings is 1. The topological polar surface area (TPSA) is 112 Å². The third kappa shape index (κ3) is 3.23. The Morgan fingerprint density at radius 2 is 2.12 bits per heavy atom. The third-order valence-corrected chi connectivity index (χ3v) is 2.04. The zero-order valence-electron chi connectivity index (χ0n) is 8.35. The molecule has 0 fully saturated rings. The Kier molecular flexibility index (Phi) is 4.26. The number of non-ortho nitro benzene ring substituents is 1. The van der Waals surface area contributed by atoms with Gasteiger partial charge in [0, 0.05) is 17.0 Å². The van der Waals surface area contributed by atoms with Gasteiger partial charge in [-0.3, -0.25) is 10.1 Å². The molecule has 1 aromatic carbocycles. The summed E-state index contributed by atoms with van der Waals surface area (Å²) in [5, 5.41) is 22.7. The smallest absolute Gasteiger partial charge is 0.269 e. The Balaban J connectivity index is 2.74. The summed E-state index contributed by atoms with van der Waals surface area (Å²) in [6.07, 6.45) is 0.360. The second-order valence-corrected chi connectivity index (χ2v) is 3.17. The Labute approximate surface area is 91.1 Å². The van der Waals surface area contributed by atoms with Crippen molar-refractivity contribution in [1.29, 1.82) is 0 Å². The lowest BCUT2D eigenvalue weighted by Crippen LogP contribution is -2.12. The van der Waals surface area contributed by atoms with E-state index in [1.54, 1.807) is 12.1 Å². The van der Waals surface area contributed by atoms with E-state index in [2.05, 4.69) is 10.0 Å². The Hall–Kier alpha value is -2.11. The Morgan fingerprint density at radius 3 is 2.56 bits per heavy atom. The average molecular weight is 222 g/mol. The molecule has 0 spiro atoms. The van der Waals surface area contributed by atoms with Crippen LogP contribution in [-0.4, -0.2) is 22.7 Å². The second kappa shape index (κ2) is 5.69. The summed E-state index contributed by atoms with van der Waals surface area (Å²) in [4.78, 5) is 12.5. The molecule has 0 aliphatic carbocycles. The standard InChI is InChI=1S/C9H10N4O3/c10-12-11-8(6-14)5-7-1-3-9(4-2-7)13(15)16/h1-4,8,14H,5-6H2/t8-/m0/s1. The van der Waals surface area contributed by atoms with Crippen molar-refractivity contribution in [1.82, 2.24) is 0 Å². The largest absolute Gasteiger partial charge is 0.396 e. The number of nitrogens with zero attached hydrogens (tertiary/aromatic N) is 4. The van der Waals surface area contributed by atoms with Crippen LogP contribution >= 0.6 is 0 Å². The van der Waals surface area contributed by atoms with Crippen LogP contribution in [0.15, 0.2) is 29.4 Å². The second-order valence-electron chi connectivity index (χ2n) is 3.17. The summed E-state index contributed by atoms with van der Waals surface area (Å²) < 4.78 is 0. The highest BCUT2D eigenvalue weighted by Gasteiger charge is 2.08. The molecule has 0 unspecified atom stereocenters. The highest BCUT2D eigenvalue weighted by atomic mass is 16.6. The van der Waals surface area contributed by atoms with Crippen LogP contribution in [0.25, 0.3) is 10.4 Å². The molecule has 0 saturated carbocycles. The molecule has 7 heteroatoms. The van der Waals surface area contributed by atoms with Gasteiger partial charge >= 0.3 is 0 Å². The van der Waals surface area contributed by atoms with Crippen LogP contribution < -0.4 is 0 Å². The van der Waals surface area contributed by atoms with Crippen LogP contribution in [0.4, 0.5) is 5.69 Å². The van der Waals surface area contributed by atoms with Gasteiger partial charge in [-0.15, -0.1) is 0 Å². The van der Waals surface area contributed by atoms with Gasteiger partial charge in [0.15, 0.2) is 0 Å². The van der Waals surface area contributed by atoms with Crippen molar-refractivity contribution >= 4 is 5.69 Å². The fourth-order valence-corrected chi connectivity index (χ4v) is 1.24. The van der Waals surface area contributed by atoms with E-state index in [1.165, 1.54) is 12.1 Å². The molecule has 1 rings (SSSR count). The van der Waals surface area contributed by atoms with Gasteiger partial charge in [-0.05, 0) is 17.5 Å². The number of hydrogen-bond acceptors (Lipinski definition) is 4. The van der Waals surface area contributed by atoms with Gasteiger partial charge < -0.3 is 5.11 Å². The molecule has 0 radical (unpaired) electrons. The van der Waals surface area contributed by atoms with E-state index in [9.17, 15) is 10.1 Å². The number of nitro groups is 1. The van der Waals surface area contributed by atoms with Crippen molar-refractivity contribution in [3.63, 3.8) is 0 Å². The first-order chi connectivity index (χ1) is 7.67. The van der Waals surface area contributed by atoms with Gasteiger partial charge in [-0.2, -0.15) is 0 Å². The number of aliphatic hydroxyl groups excluding tert-OH is 1. The number of azide groups is 1. The van der Waals surface area contributed by atoms with Crippen LogP contribution in [0.5, 0.6) is 0 Å². The molecule has 16 heavy (non-hydrogen) atoms. The molecule has 0 aromatic heterocycles. The number of aliphatic hydroxyl groups is 1. The van der Waals surface area contributed by atoms with Crippen LogP contribution in [0, 0.1) is 10.1 Å². The van der Waals surface area contributed by atoms with E-state index in [0.717, 1.165) is 5.56 Å². The van der Waals surface area contributed by atoms with E-state index >= 15 is 0 Å². The molecule has 1 N–H and O–H groups in total. The van der Waals surface area contributed by atoms with Crippen LogP contribution in [-0.2, 0) is 6.42 Å². The van der Waals surface area contributed by atoms with Gasteiger partial charge in [0.2, 0.25) is 0 Å². The molecule has 1 atom stereocenters. The van der Waals surface area contributed by atoms with Gasteiger partial charge in [0.1, 0.15) is 0 Å². The fraction of sp³-hybridized carbons (Fsp3) is 0.333. The first-order valence-corrected chi connectivity index (χ1v) is 4.55. The van der Waals surface area contributed by atoms with Crippen molar-refractivity contribution in [2.45, 2.75) is 12.5 Å². The lowest BCUT2D eigenvalue weighted by atomic mass is 10.1. The van der Waals surface area contributed by atoms with Crippen molar-refractivity contribution < 1.29 is 10.0 Å². The molecular weight excluding hydrogens is 212 g/mol. The molecule has 0 amide bonds. The number of nitro benzene ring substituents is 1. The molecule has 0 bridgehead atoms. The quantitative estimate of drug-likeness (QED) is 0.269. The summed E-state index contributed by atoms with van der Waals surface area (Å²) in [6.45, 7) is -0.249. The summed E-state index contributed by atoms with van der Waals surface area (Å²) in [7, 11) is 0. The average Bonchev–Trinajstić information content (AvgIpc) is 2.29. The van der Waals surface area contributed by atoms with Gasteiger partial charge in [-0.25, -0.2) is 0 Å². The van der Waals surface area contributed by atoms with Gasteiger partial charge in [0.05, 0.1) is 17.6 Å². The Morgan fingerprint density at radius 1 is 1.50 bits per heavy atom. The van der Waals surface area contributed by atoms with E-state index in [0.29, 0.717) is 6.42 Å². The normalized spacial score (nSPS) is 11.6. The minimum atomic E-state index is -0.536. The molecule has 0 aliphatic rings. The number of rotatable bonds is 5. The number of hydrogen-bond donors (Lipinski definition) is 1. The van der Waals surface area contributed by atoms with E-state index in [4.69, 9.17) is 10.6 Å². The predicted octanol–water partition coefficient (Wildman–Crippen LogP) is 1.81. The maximum atomic E-state index is 10.4. The van der Waals surface area contributed by atoms with Crippen LogP contribution in [0.3, 0.4) is 0 Å². The summed E-state index contributed by atoms with van der Waals surface area (Å²) in [5.41, 5.74) is 9.00. The Bertz CT molecular complexity index is 411. The molecule has 7 nitrogen and oxygen atoms in total. The molecule has 1 aromatic rings. The molecular formula is C9H10N4O3. The zero-order valence-corrected chi connectivity index (χ0v) is 8.35. The maximum absolute atomic E-state index is 10.4. The lowest BCUT2D eigenvalue weighted by molar-refractivity contribution is -0.384. The highest BCUT2D eigenvalue weighted by Crippen LogP contribution is 2.13.